The van der Waals surface area contributed by atoms with E-state index in [0.717, 1.165) is 17.1 Å². The smallest absolute Gasteiger partial charge is 0.252 e. The minimum atomic E-state index is -0.976. The fourth-order valence-electron chi connectivity index (χ4n) is 2.79. The molecule has 0 radical (unpaired) electrons. The summed E-state index contributed by atoms with van der Waals surface area (Å²) in [6.45, 7) is 4.58. The summed E-state index contributed by atoms with van der Waals surface area (Å²) in [7, 11) is 0. The molecule has 0 bridgehead atoms. The first-order valence-electron chi connectivity index (χ1n) is 7.75. The first kappa shape index (κ1) is 15.7. The molecule has 1 aromatic carbocycles. The molecule has 3 rings (SSSR count). The number of rotatable bonds is 3. The average Bonchev–Trinajstić information content (AvgIpc) is 2.97. The summed E-state index contributed by atoms with van der Waals surface area (Å²) in [5.74, 6) is -0.634. The molecule has 0 saturated heterocycles. The minimum Gasteiger partial charge on any atom is -0.383 e. The maximum Gasteiger partial charge on any atom is 0.252 e. The summed E-state index contributed by atoms with van der Waals surface area (Å²) in [6.07, 6.45) is 1.38. The van der Waals surface area contributed by atoms with Gasteiger partial charge in [0.25, 0.3) is 5.91 Å². The number of imidazole rings is 1. The van der Waals surface area contributed by atoms with Crippen molar-refractivity contribution in [1.82, 2.24) is 14.5 Å². The molecule has 5 nitrogen and oxygen atoms in total. The lowest BCUT2D eigenvalue weighted by molar-refractivity contribution is -0.143. The Labute approximate surface area is 134 Å². The third-order valence-electron chi connectivity index (χ3n) is 4.21. The molecule has 0 fully saturated rings. The third kappa shape index (κ3) is 2.99. The molecule has 122 valence electrons. The number of aliphatic hydroxyl groups excluding tert-OH is 1. The van der Waals surface area contributed by atoms with E-state index in [9.17, 15) is 14.3 Å². The standard InChI is InChI=1S/C17H20FN3O2/c1-11(2)16(22)17(23)20-8-7-15-14(9-20)19-10-21(15)13-5-3-12(18)4-6-13/h3-6,10-11,16,22H,7-9H2,1-2H3/t16-/m0/s1. The van der Waals surface area contributed by atoms with Gasteiger partial charge in [0.15, 0.2) is 0 Å². The zero-order valence-corrected chi connectivity index (χ0v) is 13.2. The molecule has 1 aliphatic heterocycles. The number of carbonyl (C=O) groups excluding carboxylic acids is 1. The van der Waals surface area contributed by atoms with Gasteiger partial charge in [-0.25, -0.2) is 9.37 Å². The molecular weight excluding hydrogens is 297 g/mol. The van der Waals surface area contributed by atoms with Gasteiger partial charge < -0.3 is 14.6 Å². The molecule has 6 heteroatoms. The fourth-order valence-corrected chi connectivity index (χ4v) is 2.79. The van der Waals surface area contributed by atoms with Crippen LogP contribution in [0, 0.1) is 11.7 Å². The molecule has 1 atom stereocenters. The van der Waals surface area contributed by atoms with Gasteiger partial charge in [0.2, 0.25) is 0 Å². The van der Waals surface area contributed by atoms with Gasteiger partial charge in [-0.3, -0.25) is 4.79 Å². The Bertz CT molecular complexity index is 709. The van der Waals surface area contributed by atoms with Crippen LogP contribution in [0.4, 0.5) is 4.39 Å². The van der Waals surface area contributed by atoms with E-state index in [1.165, 1.54) is 12.1 Å². The van der Waals surface area contributed by atoms with E-state index < -0.39 is 6.10 Å². The summed E-state index contributed by atoms with van der Waals surface area (Å²) in [4.78, 5) is 18.3. The third-order valence-corrected chi connectivity index (χ3v) is 4.21. The van der Waals surface area contributed by atoms with Crippen LogP contribution in [0.15, 0.2) is 30.6 Å². The first-order chi connectivity index (χ1) is 11.0. The van der Waals surface area contributed by atoms with Gasteiger partial charge in [-0.05, 0) is 30.2 Å². The Morgan fingerprint density at radius 3 is 2.65 bits per heavy atom. The van der Waals surface area contributed by atoms with E-state index in [0.29, 0.717) is 19.5 Å². The first-order valence-corrected chi connectivity index (χ1v) is 7.75. The highest BCUT2D eigenvalue weighted by molar-refractivity contribution is 5.81. The number of aromatic nitrogens is 2. The van der Waals surface area contributed by atoms with Crippen LogP contribution in [0.1, 0.15) is 25.2 Å². The van der Waals surface area contributed by atoms with Gasteiger partial charge >= 0.3 is 0 Å². The topological polar surface area (TPSA) is 58.4 Å². The van der Waals surface area contributed by atoms with E-state index in [-0.39, 0.29) is 17.6 Å². The van der Waals surface area contributed by atoms with E-state index in [4.69, 9.17) is 0 Å². The second-order valence-electron chi connectivity index (χ2n) is 6.18. The summed E-state index contributed by atoms with van der Waals surface area (Å²) in [5.41, 5.74) is 2.70. The van der Waals surface area contributed by atoms with Crippen molar-refractivity contribution in [2.75, 3.05) is 6.54 Å². The molecule has 23 heavy (non-hydrogen) atoms. The van der Waals surface area contributed by atoms with E-state index >= 15 is 0 Å². The summed E-state index contributed by atoms with van der Waals surface area (Å²) in [5, 5.41) is 9.95. The molecular formula is C17H20FN3O2. The van der Waals surface area contributed by atoms with Crippen molar-refractivity contribution in [3.05, 3.63) is 47.8 Å². The minimum absolute atomic E-state index is 0.110. The van der Waals surface area contributed by atoms with Crippen molar-refractivity contribution in [2.45, 2.75) is 32.9 Å². The Morgan fingerprint density at radius 2 is 2.00 bits per heavy atom. The number of hydrogen-bond acceptors (Lipinski definition) is 3. The van der Waals surface area contributed by atoms with Gasteiger partial charge in [-0.15, -0.1) is 0 Å². The second-order valence-corrected chi connectivity index (χ2v) is 6.18. The number of fused-ring (bicyclic) bond motifs is 1. The van der Waals surface area contributed by atoms with E-state index in [2.05, 4.69) is 4.98 Å². The van der Waals surface area contributed by atoms with Gasteiger partial charge in [-0.1, -0.05) is 13.8 Å². The Hall–Kier alpha value is -2.21. The van der Waals surface area contributed by atoms with Crippen LogP contribution in [0.25, 0.3) is 5.69 Å². The maximum atomic E-state index is 13.1. The lowest BCUT2D eigenvalue weighted by atomic mass is 10.0. The number of amides is 1. The molecule has 1 N–H and O–H groups in total. The predicted octanol–water partition coefficient (Wildman–Crippen LogP) is 1.91. The van der Waals surface area contributed by atoms with Crippen molar-refractivity contribution in [1.29, 1.82) is 0 Å². The predicted molar refractivity (Wildman–Crippen MR) is 83.5 cm³/mol. The lowest BCUT2D eigenvalue weighted by Crippen LogP contribution is -2.44. The van der Waals surface area contributed by atoms with Crippen molar-refractivity contribution < 1.29 is 14.3 Å². The van der Waals surface area contributed by atoms with Gasteiger partial charge in [-0.2, -0.15) is 0 Å². The summed E-state index contributed by atoms with van der Waals surface area (Å²) >= 11 is 0. The monoisotopic (exact) mass is 317 g/mol. The van der Waals surface area contributed by atoms with Crippen molar-refractivity contribution in [3.63, 3.8) is 0 Å². The molecule has 2 aromatic rings. The van der Waals surface area contributed by atoms with E-state index in [1.54, 1.807) is 23.4 Å². The van der Waals surface area contributed by atoms with Crippen LogP contribution in [0.5, 0.6) is 0 Å². The average molecular weight is 317 g/mol. The molecule has 1 aromatic heterocycles. The molecule has 1 amide bonds. The van der Waals surface area contributed by atoms with Crippen LogP contribution >= 0.6 is 0 Å². The Balaban J connectivity index is 1.81. The molecule has 0 aliphatic carbocycles. The molecule has 1 aliphatic rings. The van der Waals surface area contributed by atoms with E-state index in [1.807, 2.05) is 18.4 Å². The summed E-state index contributed by atoms with van der Waals surface area (Å²) < 4.78 is 15.0. The Morgan fingerprint density at radius 1 is 1.30 bits per heavy atom. The quantitative estimate of drug-likeness (QED) is 0.941. The normalized spacial score (nSPS) is 15.6. The zero-order chi connectivity index (χ0) is 16.6. The molecule has 0 saturated carbocycles. The van der Waals surface area contributed by atoms with Crippen molar-refractivity contribution in [3.8, 4) is 5.69 Å². The highest BCUT2D eigenvalue weighted by atomic mass is 19.1. The largest absolute Gasteiger partial charge is 0.383 e. The van der Waals surface area contributed by atoms with Crippen LogP contribution in [-0.2, 0) is 17.8 Å². The van der Waals surface area contributed by atoms with Crippen molar-refractivity contribution in [2.24, 2.45) is 5.92 Å². The number of halogens is 1. The lowest BCUT2D eigenvalue weighted by Gasteiger charge is -2.30. The second kappa shape index (κ2) is 6.12. The van der Waals surface area contributed by atoms with Crippen LogP contribution in [0.3, 0.4) is 0 Å². The van der Waals surface area contributed by atoms with Gasteiger partial charge in [0.05, 0.1) is 18.6 Å². The van der Waals surface area contributed by atoms with Crippen LogP contribution in [0.2, 0.25) is 0 Å². The number of benzene rings is 1. The molecule has 2 heterocycles. The van der Waals surface area contributed by atoms with Gasteiger partial charge in [0, 0.05) is 24.3 Å². The fraction of sp³-hybridized carbons (Fsp3) is 0.412. The van der Waals surface area contributed by atoms with Crippen LogP contribution in [-0.4, -0.2) is 38.1 Å². The summed E-state index contributed by atoms with van der Waals surface area (Å²) in [6, 6.07) is 6.24. The highest BCUT2D eigenvalue weighted by Crippen LogP contribution is 2.22. The van der Waals surface area contributed by atoms with Crippen LogP contribution < -0.4 is 0 Å². The Kier molecular flexibility index (Phi) is 4.17. The van der Waals surface area contributed by atoms with Gasteiger partial charge in [0.1, 0.15) is 11.9 Å². The SMILES string of the molecule is CC(C)[C@H](O)C(=O)N1CCc2c(ncn2-c2ccc(F)cc2)C1. The number of aliphatic hydroxyl groups is 1. The molecule has 0 unspecified atom stereocenters. The number of carbonyl (C=O) groups is 1. The number of hydrogen-bond donors (Lipinski definition) is 1. The number of nitrogens with zero attached hydrogens (tertiary/aromatic N) is 3. The zero-order valence-electron chi connectivity index (χ0n) is 13.2. The highest BCUT2D eigenvalue weighted by Gasteiger charge is 2.29. The molecule has 0 spiro atoms. The van der Waals surface area contributed by atoms with Crippen molar-refractivity contribution >= 4 is 5.91 Å². The maximum absolute atomic E-state index is 13.1.